The van der Waals surface area contributed by atoms with Gasteiger partial charge in [0.2, 0.25) is 12.6 Å². The van der Waals surface area contributed by atoms with E-state index in [0.717, 1.165) is 0 Å². The van der Waals surface area contributed by atoms with Crippen LogP contribution in [0.25, 0.3) is 11.4 Å². The average molecular weight is 343 g/mol. The molecule has 7 nitrogen and oxygen atoms in total. The maximum atomic E-state index is 12.4. The molecular weight excluding hydrogens is 332 g/mol. The van der Waals surface area contributed by atoms with E-state index in [9.17, 15) is 4.79 Å². The number of ether oxygens (including phenoxy) is 2. The van der Waals surface area contributed by atoms with Crippen molar-refractivity contribution in [3.05, 3.63) is 53.1 Å². The summed E-state index contributed by atoms with van der Waals surface area (Å²) in [5, 5.41) is 12.6. The number of nitrogens with zero attached hydrogens (tertiary/aromatic N) is 4. The Bertz CT molecular complexity index is 925. The second-order valence-corrected chi connectivity index (χ2v) is 5.52. The van der Waals surface area contributed by atoms with Crippen LogP contribution in [0.2, 0.25) is 5.02 Å². The van der Waals surface area contributed by atoms with Crippen LogP contribution in [0.5, 0.6) is 11.5 Å². The highest BCUT2D eigenvalue weighted by Gasteiger charge is 2.17. The quantitative estimate of drug-likeness (QED) is 0.678. The molecule has 24 heavy (non-hydrogen) atoms. The molecule has 1 aliphatic rings. The van der Waals surface area contributed by atoms with E-state index in [1.807, 2.05) is 12.1 Å². The number of benzene rings is 2. The number of hydrogen-bond acceptors (Lipinski definition) is 6. The van der Waals surface area contributed by atoms with E-state index in [-0.39, 0.29) is 19.1 Å². The van der Waals surface area contributed by atoms with Crippen LogP contribution in [0.4, 0.5) is 0 Å². The van der Waals surface area contributed by atoms with Gasteiger partial charge < -0.3 is 9.47 Å². The average Bonchev–Trinajstić information content (AvgIpc) is 3.23. The van der Waals surface area contributed by atoms with Crippen molar-refractivity contribution in [1.29, 1.82) is 0 Å². The molecule has 0 aliphatic carbocycles. The summed E-state index contributed by atoms with van der Waals surface area (Å²) in [6, 6.07) is 12.2. The minimum Gasteiger partial charge on any atom is -0.454 e. The molecule has 0 N–H and O–H groups in total. The van der Waals surface area contributed by atoms with Crippen molar-refractivity contribution in [1.82, 2.24) is 20.2 Å². The van der Waals surface area contributed by atoms with Crippen molar-refractivity contribution in [2.75, 3.05) is 6.79 Å². The van der Waals surface area contributed by atoms with E-state index >= 15 is 0 Å². The monoisotopic (exact) mass is 342 g/mol. The van der Waals surface area contributed by atoms with Crippen LogP contribution < -0.4 is 9.47 Å². The van der Waals surface area contributed by atoms with E-state index in [1.54, 1.807) is 30.3 Å². The lowest BCUT2D eigenvalue weighted by Crippen LogP contribution is -2.13. The molecule has 8 heteroatoms. The Labute approximate surface area is 141 Å². The smallest absolute Gasteiger partial charge is 0.231 e. The fourth-order valence-corrected chi connectivity index (χ4v) is 2.57. The second-order valence-electron chi connectivity index (χ2n) is 5.11. The van der Waals surface area contributed by atoms with Crippen molar-refractivity contribution in [3.63, 3.8) is 0 Å². The Morgan fingerprint density at radius 3 is 2.88 bits per heavy atom. The molecule has 1 aliphatic heterocycles. The molecule has 4 rings (SSSR count). The highest BCUT2D eigenvalue weighted by molar-refractivity contribution is 6.33. The Balaban J connectivity index is 1.54. The summed E-state index contributed by atoms with van der Waals surface area (Å²) >= 11 is 6.11. The Kier molecular flexibility index (Phi) is 3.62. The molecule has 0 unspecified atom stereocenters. The van der Waals surface area contributed by atoms with Gasteiger partial charge in [0.1, 0.15) is 6.54 Å². The van der Waals surface area contributed by atoms with Crippen molar-refractivity contribution in [3.8, 4) is 22.9 Å². The van der Waals surface area contributed by atoms with Crippen molar-refractivity contribution in [2.45, 2.75) is 6.54 Å². The van der Waals surface area contributed by atoms with Gasteiger partial charge in [-0.05, 0) is 35.5 Å². The maximum Gasteiger partial charge on any atom is 0.231 e. The number of fused-ring (bicyclic) bond motifs is 1. The summed E-state index contributed by atoms with van der Waals surface area (Å²) in [5.41, 5.74) is 1.16. The minimum atomic E-state index is -0.156. The molecular formula is C16H11ClN4O3. The Morgan fingerprint density at radius 1 is 1.17 bits per heavy atom. The number of hydrogen-bond donors (Lipinski definition) is 0. The molecule has 1 aromatic heterocycles. The predicted octanol–water partition coefficient (Wildman–Crippen LogP) is 2.61. The molecule has 0 radical (unpaired) electrons. The number of ketones is 1. The molecule has 2 aromatic carbocycles. The van der Waals surface area contributed by atoms with Gasteiger partial charge in [0, 0.05) is 11.1 Å². The first-order valence-electron chi connectivity index (χ1n) is 7.16. The molecule has 0 saturated heterocycles. The number of rotatable bonds is 4. The van der Waals surface area contributed by atoms with Gasteiger partial charge >= 0.3 is 0 Å². The van der Waals surface area contributed by atoms with Crippen LogP contribution in [0, 0.1) is 0 Å². The summed E-state index contributed by atoms with van der Waals surface area (Å²) in [6.07, 6.45) is 0. The third-order valence-electron chi connectivity index (χ3n) is 3.55. The molecule has 0 amide bonds. The summed E-state index contributed by atoms with van der Waals surface area (Å²) in [5.74, 6) is 1.41. The van der Waals surface area contributed by atoms with Crippen LogP contribution in [0.15, 0.2) is 42.5 Å². The molecule has 120 valence electrons. The van der Waals surface area contributed by atoms with Crippen molar-refractivity contribution < 1.29 is 14.3 Å². The van der Waals surface area contributed by atoms with Gasteiger partial charge in [-0.25, -0.2) is 0 Å². The topological polar surface area (TPSA) is 79.1 Å². The van der Waals surface area contributed by atoms with Crippen LogP contribution in [0.3, 0.4) is 0 Å². The van der Waals surface area contributed by atoms with Gasteiger partial charge in [0.25, 0.3) is 0 Å². The van der Waals surface area contributed by atoms with E-state index in [2.05, 4.69) is 15.4 Å². The van der Waals surface area contributed by atoms with Crippen LogP contribution in [0.1, 0.15) is 10.4 Å². The van der Waals surface area contributed by atoms with Gasteiger partial charge in [-0.3, -0.25) is 4.79 Å². The largest absolute Gasteiger partial charge is 0.454 e. The number of carbonyl (C=O) groups excluding carboxylic acids is 1. The number of halogens is 1. The lowest BCUT2D eigenvalue weighted by atomic mass is 10.1. The summed E-state index contributed by atoms with van der Waals surface area (Å²) in [4.78, 5) is 13.6. The highest BCUT2D eigenvalue weighted by Crippen LogP contribution is 2.32. The van der Waals surface area contributed by atoms with Gasteiger partial charge in [-0.2, -0.15) is 4.80 Å². The number of aromatic nitrogens is 4. The molecule has 3 aromatic rings. The molecule has 0 spiro atoms. The van der Waals surface area contributed by atoms with E-state index < -0.39 is 0 Å². The van der Waals surface area contributed by atoms with Crippen molar-refractivity contribution in [2.24, 2.45) is 0 Å². The third kappa shape index (κ3) is 2.69. The first-order valence-corrected chi connectivity index (χ1v) is 7.54. The summed E-state index contributed by atoms with van der Waals surface area (Å²) in [6.45, 7) is 0.135. The molecule has 0 fully saturated rings. The first kappa shape index (κ1) is 14.6. The molecule has 0 atom stereocenters. The van der Waals surface area contributed by atoms with Crippen molar-refractivity contribution >= 4 is 17.4 Å². The fraction of sp³-hybridized carbons (Fsp3) is 0.125. The SMILES string of the molecule is O=C(Cn1nnc(-c2ccccc2Cl)n1)c1ccc2c(c1)OCO2. The third-order valence-corrected chi connectivity index (χ3v) is 3.88. The first-order chi connectivity index (χ1) is 11.7. The second kappa shape index (κ2) is 5.93. The number of tetrazole rings is 1. The van der Waals surface area contributed by atoms with Gasteiger partial charge in [0.05, 0.1) is 5.02 Å². The summed E-state index contributed by atoms with van der Waals surface area (Å²) in [7, 11) is 0. The summed E-state index contributed by atoms with van der Waals surface area (Å²) < 4.78 is 10.5. The van der Waals surface area contributed by atoms with E-state index in [4.69, 9.17) is 21.1 Å². The van der Waals surface area contributed by atoms with Crippen LogP contribution in [-0.4, -0.2) is 32.8 Å². The van der Waals surface area contributed by atoms with Gasteiger partial charge in [-0.15, -0.1) is 10.2 Å². The highest BCUT2D eigenvalue weighted by atomic mass is 35.5. The maximum absolute atomic E-state index is 12.4. The zero-order valence-corrected chi connectivity index (χ0v) is 13.1. The van der Waals surface area contributed by atoms with Gasteiger partial charge in [0.15, 0.2) is 17.3 Å². The van der Waals surface area contributed by atoms with E-state index in [1.165, 1.54) is 4.80 Å². The lowest BCUT2D eigenvalue weighted by molar-refractivity contribution is 0.0961. The molecule has 0 saturated carbocycles. The normalized spacial score (nSPS) is 12.4. The predicted molar refractivity (Wildman–Crippen MR) is 85.2 cm³/mol. The van der Waals surface area contributed by atoms with E-state index in [0.29, 0.717) is 33.5 Å². The molecule has 0 bridgehead atoms. The standard InChI is InChI=1S/C16H11ClN4O3/c17-12-4-2-1-3-11(12)16-18-20-21(19-16)8-13(22)10-5-6-14-15(7-10)24-9-23-14/h1-7H,8-9H2. The zero-order valence-electron chi connectivity index (χ0n) is 12.3. The number of Topliss-reactive ketones (excluding diaryl/α,β-unsaturated/α-hetero) is 1. The fourth-order valence-electron chi connectivity index (χ4n) is 2.35. The lowest BCUT2D eigenvalue weighted by Gasteiger charge is -2.02. The Morgan fingerprint density at radius 2 is 2.00 bits per heavy atom. The zero-order chi connectivity index (χ0) is 16.5. The van der Waals surface area contributed by atoms with Gasteiger partial charge in [-0.1, -0.05) is 23.7 Å². The Hall–Kier alpha value is -2.93. The van der Waals surface area contributed by atoms with Crippen LogP contribution >= 0.6 is 11.6 Å². The number of carbonyl (C=O) groups is 1. The molecule has 2 heterocycles. The minimum absolute atomic E-state index is 0.0307. The van der Waals surface area contributed by atoms with Crippen LogP contribution in [-0.2, 0) is 6.54 Å².